The molecule has 0 aliphatic carbocycles. The van der Waals surface area contributed by atoms with Crippen molar-refractivity contribution in [2.45, 2.75) is 13.1 Å². The Labute approximate surface area is 78.8 Å². The van der Waals surface area contributed by atoms with Gasteiger partial charge in [0.1, 0.15) is 12.2 Å². The number of nitrogens with one attached hydrogen (secondary N) is 1. The molecule has 0 atom stereocenters. The second kappa shape index (κ2) is 4.94. The Bertz CT molecular complexity index is 242. The van der Waals surface area contributed by atoms with Crippen LogP contribution >= 0.6 is 0 Å². The Balaban J connectivity index is 2.49. The van der Waals surface area contributed by atoms with E-state index in [2.05, 4.69) is 34.4 Å². The number of nitrogens with zero attached hydrogens (tertiary/aromatic N) is 4. The third kappa shape index (κ3) is 3.12. The molecule has 0 spiro atoms. The normalized spacial score (nSPS) is 11.1. The molecule has 1 N–H and O–H groups in total. The van der Waals surface area contributed by atoms with Crippen molar-refractivity contribution in [3.8, 4) is 0 Å². The van der Waals surface area contributed by atoms with Gasteiger partial charge in [-0.05, 0) is 21.1 Å². The first-order chi connectivity index (χ1) is 6.24. The first-order valence-corrected chi connectivity index (χ1v) is 4.40. The number of hydrogen-bond acceptors (Lipinski definition) is 4. The van der Waals surface area contributed by atoms with Crippen LogP contribution in [0.2, 0.25) is 0 Å². The lowest BCUT2D eigenvalue weighted by Gasteiger charge is -2.10. The average molecular weight is 183 g/mol. The van der Waals surface area contributed by atoms with Crippen LogP contribution in [0.3, 0.4) is 0 Å². The summed E-state index contributed by atoms with van der Waals surface area (Å²) < 4.78 is 1.93. The van der Waals surface area contributed by atoms with E-state index >= 15 is 0 Å². The van der Waals surface area contributed by atoms with Crippen LogP contribution in [0.15, 0.2) is 6.33 Å². The zero-order chi connectivity index (χ0) is 9.68. The molecule has 13 heavy (non-hydrogen) atoms. The fraction of sp³-hybridized carbons (Fsp3) is 0.750. The highest BCUT2D eigenvalue weighted by molar-refractivity contribution is 4.83. The fourth-order valence-electron chi connectivity index (χ4n) is 1.06. The maximum Gasteiger partial charge on any atom is 0.140 e. The van der Waals surface area contributed by atoms with E-state index in [1.165, 1.54) is 0 Å². The van der Waals surface area contributed by atoms with Gasteiger partial charge in [-0.25, -0.2) is 9.67 Å². The molecule has 1 aromatic rings. The second-order valence-corrected chi connectivity index (χ2v) is 3.23. The summed E-state index contributed by atoms with van der Waals surface area (Å²) in [6.45, 7) is 2.65. The lowest BCUT2D eigenvalue weighted by Crippen LogP contribution is -2.21. The standard InChI is InChI=1S/C8H17N5/c1-9-6-8-10-7-11-13(8)5-4-12(2)3/h7,9H,4-6H2,1-3H3. The molecule has 1 heterocycles. The average Bonchev–Trinajstić information content (AvgIpc) is 2.49. The largest absolute Gasteiger partial charge is 0.313 e. The van der Waals surface area contributed by atoms with Gasteiger partial charge in [0.2, 0.25) is 0 Å². The Morgan fingerprint density at radius 1 is 1.54 bits per heavy atom. The SMILES string of the molecule is CNCc1ncnn1CCN(C)C. The van der Waals surface area contributed by atoms with Gasteiger partial charge in [-0.3, -0.25) is 0 Å². The van der Waals surface area contributed by atoms with Crippen molar-refractivity contribution in [1.82, 2.24) is 25.0 Å². The van der Waals surface area contributed by atoms with E-state index in [1.54, 1.807) is 6.33 Å². The van der Waals surface area contributed by atoms with Crippen molar-refractivity contribution >= 4 is 0 Å². The second-order valence-electron chi connectivity index (χ2n) is 3.23. The monoisotopic (exact) mass is 183 g/mol. The highest BCUT2D eigenvalue weighted by atomic mass is 15.3. The summed E-state index contributed by atoms with van der Waals surface area (Å²) in [5.74, 6) is 0.990. The zero-order valence-corrected chi connectivity index (χ0v) is 8.49. The summed E-state index contributed by atoms with van der Waals surface area (Å²) in [4.78, 5) is 6.28. The van der Waals surface area contributed by atoms with E-state index < -0.39 is 0 Å². The summed E-state index contributed by atoms with van der Waals surface area (Å²) in [6.07, 6.45) is 1.60. The molecule has 1 aromatic heterocycles. The maximum atomic E-state index is 4.15. The van der Waals surface area contributed by atoms with Gasteiger partial charge in [0.25, 0.3) is 0 Å². The molecule has 0 aliphatic rings. The summed E-state index contributed by atoms with van der Waals surface area (Å²) in [5.41, 5.74) is 0. The van der Waals surface area contributed by atoms with Crippen molar-refractivity contribution in [3.05, 3.63) is 12.2 Å². The predicted octanol–water partition coefficient (Wildman–Crippen LogP) is -0.441. The van der Waals surface area contributed by atoms with Crippen molar-refractivity contribution < 1.29 is 0 Å². The van der Waals surface area contributed by atoms with Gasteiger partial charge >= 0.3 is 0 Å². The fourth-order valence-corrected chi connectivity index (χ4v) is 1.06. The quantitative estimate of drug-likeness (QED) is 0.672. The lowest BCUT2D eigenvalue weighted by atomic mass is 10.5. The summed E-state index contributed by atoms with van der Waals surface area (Å²) in [6, 6.07) is 0. The number of rotatable bonds is 5. The van der Waals surface area contributed by atoms with E-state index in [0.29, 0.717) is 0 Å². The Morgan fingerprint density at radius 2 is 2.31 bits per heavy atom. The highest BCUT2D eigenvalue weighted by Crippen LogP contribution is 1.93. The minimum Gasteiger partial charge on any atom is -0.313 e. The molecule has 5 heteroatoms. The molecule has 1 rings (SSSR count). The van der Waals surface area contributed by atoms with Gasteiger partial charge < -0.3 is 10.2 Å². The van der Waals surface area contributed by atoms with E-state index in [4.69, 9.17) is 0 Å². The molecule has 0 aliphatic heterocycles. The van der Waals surface area contributed by atoms with E-state index in [9.17, 15) is 0 Å². The number of likely N-dealkylation sites (N-methyl/N-ethyl adjacent to an activating group) is 1. The predicted molar refractivity (Wildman–Crippen MR) is 51.3 cm³/mol. The molecule has 0 saturated carbocycles. The van der Waals surface area contributed by atoms with Crippen LogP contribution in [0.4, 0.5) is 0 Å². The Hall–Kier alpha value is -0.940. The first kappa shape index (κ1) is 10.1. The Morgan fingerprint density at radius 3 is 2.92 bits per heavy atom. The van der Waals surface area contributed by atoms with Crippen molar-refractivity contribution in [2.75, 3.05) is 27.7 Å². The minimum absolute atomic E-state index is 0.771. The molecule has 5 nitrogen and oxygen atoms in total. The van der Waals surface area contributed by atoms with Crippen LogP contribution in [0.1, 0.15) is 5.82 Å². The smallest absolute Gasteiger partial charge is 0.140 e. The molecule has 74 valence electrons. The molecule has 0 fully saturated rings. The van der Waals surface area contributed by atoms with Gasteiger partial charge in [-0.1, -0.05) is 0 Å². The molecule has 0 saturated heterocycles. The molecule has 0 aromatic carbocycles. The lowest BCUT2D eigenvalue weighted by molar-refractivity contribution is 0.368. The molecule has 0 radical (unpaired) electrons. The first-order valence-electron chi connectivity index (χ1n) is 4.40. The molecular weight excluding hydrogens is 166 g/mol. The molecule has 0 amide bonds. The van der Waals surface area contributed by atoms with Gasteiger partial charge in [0.05, 0.1) is 13.1 Å². The Kier molecular flexibility index (Phi) is 3.85. The number of aromatic nitrogens is 3. The zero-order valence-electron chi connectivity index (χ0n) is 8.49. The number of hydrogen-bond donors (Lipinski definition) is 1. The van der Waals surface area contributed by atoms with E-state index in [0.717, 1.165) is 25.5 Å². The van der Waals surface area contributed by atoms with Crippen molar-refractivity contribution in [3.63, 3.8) is 0 Å². The van der Waals surface area contributed by atoms with Gasteiger partial charge in [0.15, 0.2) is 0 Å². The molecule has 0 unspecified atom stereocenters. The molecule has 0 bridgehead atoms. The van der Waals surface area contributed by atoms with Gasteiger partial charge in [-0.15, -0.1) is 0 Å². The summed E-state index contributed by atoms with van der Waals surface area (Å²) in [7, 11) is 6.01. The third-order valence-electron chi connectivity index (χ3n) is 1.79. The third-order valence-corrected chi connectivity index (χ3v) is 1.79. The summed E-state index contributed by atoms with van der Waals surface area (Å²) >= 11 is 0. The maximum absolute atomic E-state index is 4.15. The van der Waals surface area contributed by atoms with Gasteiger partial charge in [-0.2, -0.15) is 5.10 Å². The van der Waals surface area contributed by atoms with Crippen LogP contribution in [-0.4, -0.2) is 47.4 Å². The minimum atomic E-state index is 0.771. The topological polar surface area (TPSA) is 46.0 Å². The van der Waals surface area contributed by atoms with Crippen LogP contribution in [0.25, 0.3) is 0 Å². The van der Waals surface area contributed by atoms with Gasteiger partial charge in [0, 0.05) is 6.54 Å². The molecular formula is C8H17N5. The van der Waals surface area contributed by atoms with Crippen LogP contribution in [-0.2, 0) is 13.1 Å². The van der Waals surface area contributed by atoms with Crippen LogP contribution in [0.5, 0.6) is 0 Å². The van der Waals surface area contributed by atoms with E-state index in [-0.39, 0.29) is 0 Å². The highest BCUT2D eigenvalue weighted by Gasteiger charge is 2.02. The summed E-state index contributed by atoms with van der Waals surface area (Å²) in [5, 5.41) is 7.21. The van der Waals surface area contributed by atoms with E-state index in [1.807, 2.05) is 11.7 Å². The van der Waals surface area contributed by atoms with Crippen molar-refractivity contribution in [1.29, 1.82) is 0 Å². The van der Waals surface area contributed by atoms with Crippen molar-refractivity contribution in [2.24, 2.45) is 0 Å². The van der Waals surface area contributed by atoms with Crippen LogP contribution < -0.4 is 5.32 Å². The van der Waals surface area contributed by atoms with Crippen LogP contribution in [0, 0.1) is 0 Å².